The molecule has 0 N–H and O–H groups in total. The summed E-state index contributed by atoms with van der Waals surface area (Å²) in [5, 5.41) is 0. The van der Waals surface area contributed by atoms with Gasteiger partial charge < -0.3 is 9.64 Å². The average molecular weight is 279 g/mol. The van der Waals surface area contributed by atoms with Crippen molar-refractivity contribution in [2.24, 2.45) is 0 Å². The Morgan fingerprint density at radius 1 is 1.47 bits per heavy atom. The second-order valence-electron chi connectivity index (χ2n) is 4.73. The van der Waals surface area contributed by atoms with Crippen LogP contribution in [0.2, 0.25) is 0 Å². The smallest absolute Gasteiger partial charge is 0.253 e. The lowest BCUT2D eigenvalue weighted by Gasteiger charge is -2.22. The van der Waals surface area contributed by atoms with Gasteiger partial charge in [-0.3, -0.25) is 0 Å². The van der Waals surface area contributed by atoms with E-state index in [2.05, 4.69) is 38.9 Å². The maximum absolute atomic E-state index is 5.76. The molecule has 0 amide bonds. The van der Waals surface area contributed by atoms with E-state index in [4.69, 9.17) is 4.74 Å². The molecule has 5 heteroatoms. The lowest BCUT2D eigenvalue weighted by Crippen LogP contribution is -2.25. The number of allylic oxidation sites excluding steroid dienone is 2. The van der Waals surface area contributed by atoms with Gasteiger partial charge in [0.25, 0.3) is 5.88 Å². The van der Waals surface area contributed by atoms with Gasteiger partial charge in [-0.25, -0.2) is 0 Å². The van der Waals surface area contributed by atoms with E-state index >= 15 is 0 Å². The molecule has 1 aromatic rings. The zero-order valence-electron chi connectivity index (χ0n) is 11.6. The van der Waals surface area contributed by atoms with Crippen LogP contribution in [0.4, 0.5) is 0 Å². The highest BCUT2D eigenvalue weighted by molar-refractivity contribution is 6.99. The van der Waals surface area contributed by atoms with Gasteiger partial charge in [0.15, 0.2) is 0 Å². The van der Waals surface area contributed by atoms with Crippen LogP contribution in [0.3, 0.4) is 0 Å². The highest BCUT2D eigenvalue weighted by Gasteiger charge is 2.18. The van der Waals surface area contributed by atoms with Gasteiger partial charge in [-0.2, -0.15) is 4.37 Å². The topological polar surface area (TPSA) is 38.3 Å². The van der Waals surface area contributed by atoms with Gasteiger partial charge in [0.05, 0.1) is 18.3 Å². The first-order chi connectivity index (χ1) is 9.31. The van der Waals surface area contributed by atoms with Gasteiger partial charge in [-0.1, -0.05) is 18.2 Å². The van der Waals surface area contributed by atoms with Crippen molar-refractivity contribution in [1.29, 1.82) is 0 Å². The molecule has 1 aliphatic heterocycles. The van der Waals surface area contributed by atoms with Crippen LogP contribution in [-0.2, 0) is 0 Å². The average Bonchev–Trinajstić information content (AvgIpc) is 2.87. The van der Waals surface area contributed by atoms with Crippen LogP contribution in [-0.4, -0.2) is 40.4 Å². The molecule has 0 spiro atoms. The number of likely N-dealkylation sites (N-methyl/N-ethyl adjacent to an activating group) is 1. The number of aromatic nitrogens is 2. The molecule has 0 fully saturated rings. The van der Waals surface area contributed by atoms with Crippen molar-refractivity contribution in [1.82, 2.24) is 13.6 Å². The Kier molecular flexibility index (Phi) is 5.54. The molecule has 0 aromatic carbocycles. The van der Waals surface area contributed by atoms with E-state index in [0.29, 0.717) is 12.5 Å². The second-order valence-corrected chi connectivity index (χ2v) is 5.26. The lowest BCUT2D eigenvalue weighted by molar-refractivity contribution is 0.301. The van der Waals surface area contributed by atoms with Crippen molar-refractivity contribution in [3.63, 3.8) is 0 Å². The van der Waals surface area contributed by atoms with Crippen molar-refractivity contribution >= 4 is 17.3 Å². The molecule has 0 bridgehead atoms. The quantitative estimate of drug-likeness (QED) is 0.593. The number of hydrogen-bond acceptors (Lipinski definition) is 5. The normalized spacial score (nSPS) is 16.8. The van der Waals surface area contributed by atoms with Crippen molar-refractivity contribution in [2.75, 3.05) is 26.7 Å². The summed E-state index contributed by atoms with van der Waals surface area (Å²) in [6.45, 7) is 4.78. The molecule has 0 unspecified atom stereocenters. The van der Waals surface area contributed by atoms with E-state index in [1.165, 1.54) is 17.3 Å². The number of nitrogens with zero attached hydrogens (tertiary/aromatic N) is 3. The summed E-state index contributed by atoms with van der Waals surface area (Å²) in [5.41, 5.74) is 2.17. The van der Waals surface area contributed by atoms with Gasteiger partial charge >= 0.3 is 0 Å². The van der Waals surface area contributed by atoms with Crippen molar-refractivity contribution < 1.29 is 4.74 Å². The largest absolute Gasteiger partial charge is 0.475 e. The van der Waals surface area contributed by atoms with Crippen molar-refractivity contribution in [3.05, 3.63) is 23.9 Å². The van der Waals surface area contributed by atoms with Gasteiger partial charge in [0.2, 0.25) is 0 Å². The predicted octanol–water partition coefficient (Wildman–Crippen LogP) is 2.99. The van der Waals surface area contributed by atoms with Crippen LogP contribution < -0.4 is 4.74 Å². The van der Waals surface area contributed by atoms with Gasteiger partial charge in [-0.15, -0.1) is 4.37 Å². The Labute approximate surface area is 119 Å². The summed E-state index contributed by atoms with van der Waals surface area (Å²) in [4.78, 5) is 2.30. The first kappa shape index (κ1) is 14.2. The van der Waals surface area contributed by atoms with Crippen LogP contribution in [0.25, 0.3) is 5.57 Å². The zero-order valence-corrected chi connectivity index (χ0v) is 12.4. The number of ether oxygens (including phenoxy) is 1. The minimum absolute atomic E-state index is 0.700. The first-order valence-electron chi connectivity index (χ1n) is 6.75. The molecule has 0 radical (unpaired) electrons. The fourth-order valence-electron chi connectivity index (χ4n) is 2.07. The van der Waals surface area contributed by atoms with Crippen LogP contribution in [0, 0.1) is 0 Å². The summed E-state index contributed by atoms with van der Waals surface area (Å²) >= 11 is 1.23. The molecule has 2 heterocycles. The van der Waals surface area contributed by atoms with Gasteiger partial charge in [0.1, 0.15) is 5.69 Å². The third-order valence-corrected chi connectivity index (χ3v) is 3.61. The van der Waals surface area contributed by atoms with E-state index in [-0.39, 0.29) is 0 Å². The molecule has 0 saturated carbocycles. The molecule has 1 aromatic heterocycles. The highest BCUT2D eigenvalue weighted by Crippen LogP contribution is 2.26. The molecule has 0 aliphatic carbocycles. The Hall–Kier alpha value is -1.20. The van der Waals surface area contributed by atoms with Crippen LogP contribution in [0.1, 0.15) is 31.9 Å². The Morgan fingerprint density at radius 3 is 3.16 bits per heavy atom. The molecule has 0 saturated heterocycles. The minimum Gasteiger partial charge on any atom is -0.475 e. The number of rotatable bonds is 6. The molecule has 4 nitrogen and oxygen atoms in total. The second kappa shape index (κ2) is 7.40. The molecule has 104 valence electrons. The van der Waals surface area contributed by atoms with Crippen molar-refractivity contribution in [3.8, 4) is 5.88 Å². The summed E-state index contributed by atoms with van der Waals surface area (Å²) in [7, 11) is 2.13. The predicted molar refractivity (Wildman–Crippen MR) is 79.5 cm³/mol. The number of hydrogen-bond donors (Lipinski definition) is 0. The van der Waals surface area contributed by atoms with E-state index < -0.39 is 0 Å². The van der Waals surface area contributed by atoms with E-state index in [1.807, 2.05) is 6.92 Å². The van der Waals surface area contributed by atoms with Crippen LogP contribution in [0.5, 0.6) is 5.88 Å². The molecular formula is C14H21N3OS. The van der Waals surface area contributed by atoms with Crippen LogP contribution >= 0.6 is 11.7 Å². The van der Waals surface area contributed by atoms with E-state index in [0.717, 1.165) is 38.0 Å². The zero-order chi connectivity index (χ0) is 13.5. The molecular weight excluding hydrogens is 258 g/mol. The number of unbranched alkanes of at least 4 members (excludes halogenated alkanes) is 1. The fraction of sp³-hybridized carbons (Fsp3) is 0.571. The van der Waals surface area contributed by atoms with Gasteiger partial charge in [-0.05, 0) is 38.8 Å². The third-order valence-electron chi connectivity index (χ3n) is 3.09. The summed E-state index contributed by atoms with van der Waals surface area (Å²) in [5.74, 6) is 0.701. The van der Waals surface area contributed by atoms with E-state index in [9.17, 15) is 0 Å². The maximum atomic E-state index is 5.76. The maximum Gasteiger partial charge on any atom is 0.253 e. The SMILES string of the molecule is CC=CCCCOc1nsnc1C1=CCCN(C)C1. The monoisotopic (exact) mass is 279 g/mol. The van der Waals surface area contributed by atoms with Crippen LogP contribution in [0.15, 0.2) is 18.2 Å². The molecule has 0 atom stereocenters. The first-order valence-corrected chi connectivity index (χ1v) is 7.48. The standard InChI is InChI=1S/C14H21N3OS/c1-3-4-5-6-10-18-14-13(15-19-16-14)12-8-7-9-17(2)11-12/h3-4,8H,5-7,9-11H2,1-2H3. The Balaban J connectivity index is 1.92. The van der Waals surface area contributed by atoms with E-state index in [1.54, 1.807) is 0 Å². The molecule has 1 aliphatic rings. The Bertz CT molecular complexity index is 453. The summed E-state index contributed by atoms with van der Waals surface area (Å²) in [6.07, 6.45) is 9.61. The lowest BCUT2D eigenvalue weighted by atomic mass is 10.1. The minimum atomic E-state index is 0.700. The molecule has 2 rings (SSSR count). The van der Waals surface area contributed by atoms with Crippen molar-refractivity contribution in [2.45, 2.75) is 26.2 Å². The third kappa shape index (κ3) is 4.14. The molecule has 19 heavy (non-hydrogen) atoms. The highest BCUT2D eigenvalue weighted by atomic mass is 32.1. The summed E-state index contributed by atoms with van der Waals surface area (Å²) in [6, 6.07) is 0. The summed E-state index contributed by atoms with van der Waals surface area (Å²) < 4.78 is 14.4. The Morgan fingerprint density at radius 2 is 2.37 bits per heavy atom. The fourth-order valence-corrected chi connectivity index (χ4v) is 2.60. The van der Waals surface area contributed by atoms with Gasteiger partial charge in [0, 0.05) is 13.1 Å².